The molecular weight excluding hydrogens is 401 g/mol. The van der Waals surface area contributed by atoms with Crippen molar-refractivity contribution in [1.82, 2.24) is 15.8 Å². The average molecular weight is 429 g/mol. The summed E-state index contributed by atoms with van der Waals surface area (Å²) in [6.45, 7) is 0.464. The fourth-order valence-electron chi connectivity index (χ4n) is 3.87. The smallest absolute Gasteiger partial charge is 0.295 e. The highest BCUT2D eigenvalue weighted by atomic mass is 19.1. The molecule has 31 heavy (non-hydrogen) atoms. The number of amides is 1. The van der Waals surface area contributed by atoms with E-state index in [1.807, 2.05) is 18.2 Å². The van der Waals surface area contributed by atoms with Gasteiger partial charge in [0.25, 0.3) is 11.6 Å². The molecule has 0 aromatic heterocycles. The third-order valence-corrected chi connectivity index (χ3v) is 5.63. The number of carbonyl (C=O) groups excluding carboxylic acids is 1. The number of nitrogen functional groups attached to an aromatic ring is 1. The molecule has 0 spiro atoms. The van der Waals surface area contributed by atoms with Crippen LogP contribution in [0.4, 0.5) is 15.8 Å². The monoisotopic (exact) mass is 429 g/mol. The predicted molar refractivity (Wildman–Crippen MR) is 117 cm³/mol. The van der Waals surface area contributed by atoms with Crippen LogP contribution >= 0.6 is 0 Å². The van der Waals surface area contributed by atoms with Crippen LogP contribution in [0, 0.1) is 15.9 Å². The van der Waals surface area contributed by atoms with E-state index in [0.717, 1.165) is 44.2 Å². The van der Waals surface area contributed by atoms with Gasteiger partial charge in [-0.25, -0.2) is 4.39 Å². The molecule has 2 unspecified atom stereocenters. The first kappa shape index (κ1) is 22.6. The fraction of sp³-hybridized carbons (Fsp3) is 0.409. The summed E-state index contributed by atoms with van der Waals surface area (Å²) < 4.78 is 13.7. The van der Waals surface area contributed by atoms with Gasteiger partial charge in [-0.2, -0.15) is 0 Å². The van der Waals surface area contributed by atoms with Crippen LogP contribution in [-0.4, -0.2) is 35.4 Å². The number of nitro benzene ring substituents is 1. The summed E-state index contributed by atoms with van der Waals surface area (Å²) in [6, 6.07) is 12.7. The van der Waals surface area contributed by atoms with Crippen molar-refractivity contribution in [3.63, 3.8) is 0 Å². The fourth-order valence-corrected chi connectivity index (χ4v) is 3.87. The molecule has 2 atom stereocenters. The molecule has 9 heteroatoms. The highest BCUT2D eigenvalue weighted by Crippen LogP contribution is 2.28. The third kappa shape index (κ3) is 5.77. The lowest BCUT2D eigenvalue weighted by Crippen LogP contribution is -2.31. The molecule has 1 heterocycles. The summed E-state index contributed by atoms with van der Waals surface area (Å²) in [6.07, 6.45) is 4.78. The zero-order valence-electron chi connectivity index (χ0n) is 17.5. The number of rotatable bonds is 9. The lowest BCUT2D eigenvalue weighted by Gasteiger charge is -2.18. The van der Waals surface area contributed by atoms with Crippen molar-refractivity contribution in [1.29, 1.82) is 0 Å². The van der Waals surface area contributed by atoms with Gasteiger partial charge in [0.2, 0.25) is 0 Å². The number of nitrogens with one attached hydrogen (secondary N) is 2. The van der Waals surface area contributed by atoms with Crippen molar-refractivity contribution in [2.45, 2.75) is 44.2 Å². The molecule has 0 aliphatic carbocycles. The molecule has 8 nitrogen and oxygen atoms in total. The number of unbranched alkanes of at least 4 members (excludes halogenated alkanes) is 2. The third-order valence-electron chi connectivity index (χ3n) is 5.63. The van der Waals surface area contributed by atoms with Crippen LogP contribution in [0.3, 0.4) is 0 Å². The second-order valence-corrected chi connectivity index (χ2v) is 7.90. The van der Waals surface area contributed by atoms with E-state index in [2.05, 4.69) is 23.0 Å². The zero-order chi connectivity index (χ0) is 22.4. The topological polar surface area (TPSA) is 114 Å². The highest BCUT2D eigenvalue weighted by Gasteiger charge is 2.25. The first-order valence-electron chi connectivity index (χ1n) is 10.4. The van der Waals surface area contributed by atoms with Crippen molar-refractivity contribution in [2.75, 3.05) is 19.3 Å². The zero-order valence-corrected chi connectivity index (χ0v) is 17.5. The van der Waals surface area contributed by atoms with Gasteiger partial charge in [-0.05, 0) is 30.9 Å². The average Bonchev–Trinajstić information content (AvgIpc) is 3.23. The van der Waals surface area contributed by atoms with E-state index in [0.29, 0.717) is 18.6 Å². The molecule has 1 aliphatic rings. The van der Waals surface area contributed by atoms with Crippen LogP contribution in [0.15, 0.2) is 42.5 Å². The van der Waals surface area contributed by atoms with Gasteiger partial charge in [-0.3, -0.25) is 25.8 Å². The normalized spacial score (nSPS) is 18.1. The molecule has 0 bridgehead atoms. The minimum Gasteiger partial charge on any atom is -0.393 e. The standard InChI is InChI=1S/C22H28FN5O3/c1-27(22(29)18-12-16(23)13-20(21(18)24)28(30)31)11-7-3-6-10-17-14-19(26-25-17)15-8-4-2-5-9-15/h2,4-5,8-9,12-13,17,19,25-26H,3,6-7,10-11,14,24H2,1H3. The minimum absolute atomic E-state index is 0.178. The van der Waals surface area contributed by atoms with Gasteiger partial charge >= 0.3 is 0 Å². The molecule has 1 aliphatic heterocycles. The summed E-state index contributed by atoms with van der Waals surface area (Å²) in [4.78, 5) is 24.2. The quantitative estimate of drug-likeness (QED) is 0.243. The molecule has 1 amide bonds. The van der Waals surface area contributed by atoms with Crippen molar-refractivity contribution in [3.05, 3.63) is 69.5 Å². The molecule has 2 aromatic rings. The van der Waals surface area contributed by atoms with Gasteiger partial charge in [0.15, 0.2) is 0 Å². The summed E-state index contributed by atoms with van der Waals surface area (Å²) in [5.41, 5.74) is 12.6. The van der Waals surface area contributed by atoms with Crippen molar-refractivity contribution < 1.29 is 14.1 Å². The maximum atomic E-state index is 13.7. The first-order chi connectivity index (χ1) is 14.9. The lowest BCUT2D eigenvalue weighted by molar-refractivity contribution is -0.384. The number of halogens is 1. The molecule has 4 N–H and O–H groups in total. The Morgan fingerprint density at radius 2 is 1.97 bits per heavy atom. The predicted octanol–water partition coefficient (Wildman–Crippen LogP) is 3.56. The highest BCUT2D eigenvalue weighted by molar-refractivity contribution is 6.00. The summed E-state index contributed by atoms with van der Waals surface area (Å²) in [5, 5.41) is 11.0. The minimum atomic E-state index is -0.857. The van der Waals surface area contributed by atoms with Crippen molar-refractivity contribution >= 4 is 17.3 Å². The number of nitro groups is 1. The van der Waals surface area contributed by atoms with Crippen LogP contribution in [-0.2, 0) is 0 Å². The Bertz CT molecular complexity index is 925. The molecule has 1 saturated heterocycles. The van der Waals surface area contributed by atoms with E-state index >= 15 is 0 Å². The number of anilines is 1. The second-order valence-electron chi connectivity index (χ2n) is 7.90. The Kier molecular flexibility index (Phi) is 7.54. The maximum absolute atomic E-state index is 13.7. The molecule has 3 rings (SSSR count). The summed E-state index contributed by atoms with van der Waals surface area (Å²) in [7, 11) is 1.59. The Balaban J connectivity index is 1.41. The second kappa shape index (κ2) is 10.3. The summed E-state index contributed by atoms with van der Waals surface area (Å²) >= 11 is 0. The molecule has 166 valence electrons. The number of hydrogen-bond donors (Lipinski definition) is 3. The van der Waals surface area contributed by atoms with E-state index in [-0.39, 0.29) is 11.3 Å². The Hall–Kier alpha value is -3.04. The maximum Gasteiger partial charge on any atom is 0.295 e. The molecule has 0 radical (unpaired) electrons. The van der Waals surface area contributed by atoms with Crippen LogP contribution in [0.5, 0.6) is 0 Å². The number of carbonyl (C=O) groups is 1. The molecule has 1 fully saturated rings. The lowest BCUT2D eigenvalue weighted by atomic mass is 9.99. The van der Waals surface area contributed by atoms with Crippen molar-refractivity contribution in [3.8, 4) is 0 Å². The number of nitrogens with two attached hydrogens (primary N) is 1. The Morgan fingerprint density at radius 3 is 2.68 bits per heavy atom. The SMILES string of the molecule is CN(CCCCCC1CC(c2ccccc2)NN1)C(=O)c1cc(F)cc([N+](=O)[O-])c1N. The van der Waals surface area contributed by atoms with Crippen molar-refractivity contribution in [2.24, 2.45) is 0 Å². The van der Waals surface area contributed by atoms with Crippen LogP contribution in [0.1, 0.15) is 54.1 Å². The molecule has 2 aromatic carbocycles. The summed E-state index contributed by atoms with van der Waals surface area (Å²) in [5.74, 6) is -1.38. The number of benzene rings is 2. The van der Waals surface area contributed by atoms with Gasteiger partial charge in [0.05, 0.1) is 16.6 Å². The van der Waals surface area contributed by atoms with E-state index in [1.165, 1.54) is 10.5 Å². The van der Waals surface area contributed by atoms with Gasteiger partial charge in [-0.15, -0.1) is 0 Å². The largest absolute Gasteiger partial charge is 0.393 e. The number of nitrogens with zero attached hydrogens (tertiary/aromatic N) is 2. The van der Waals surface area contributed by atoms with Gasteiger partial charge in [0.1, 0.15) is 11.5 Å². The van der Waals surface area contributed by atoms with Gasteiger partial charge in [0, 0.05) is 25.7 Å². The van der Waals surface area contributed by atoms with E-state index < -0.39 is 22.3 Å². The van der Waals surface area contributed by atoms with Crippen LogP contribution < -0.4 is 16.6 Å². The van der Waals surface area contributed by atoms with E-state index in [9.17, 15) is 19.3 Å². The van der Waals surface area contributed by atoms with Gasteiger partial charge in [-0.1, -0.05) is 43.2 Å². The van der Waals surface area contributed by atoms with E-state index in [4.69, 9.17) is 5.73 Å². The van der Waals surface area contributed by atoms with E-state index in [1.54, 1.807) is 7.05 Å². The van der Waals surface area contributed by atoms with Crippen LogP contribution in [0.2, 0.25) is 0 Å². The number of hydrazine groups is 1. The molecular formula is C22H28FN5O3. The van der Waals surface area contributed by atoms with Gasteiger partial charge < -0.3 is 10.6 Å². The van der Waals surface area contributed by atoms with Crippen LogP contribution in [0.25, 0.3) is 0 Å². The Labute approximate surface area is 180 Å². The number of hydrogen-bond acceptors (Lipinski definition) is 6. The molecule has 0 saturated carbocycles. The first-order valence-corrected chi connectivity index (χ1v) is 10.4. The Morgan fingerprint density at radius 1 is 1.23 bits per heavy atom.